The summed E-state index contributed by atoms with van der Waals surface area (Å²) in [5.74, 6) is 0.645. The van der Waals surface area contributed by atoms with Crippen molar-refractivity contribution in [3.05, 3.63) is 58.9 Å². The smallest absolute Gasteiger partial charge is 0.387 e. The molecule has 0 bridgehead atoms. The first kappa shape index (κ1) is 18.0. The Labute approximate surface area is 149 Å². The van der Waals surface area contributed by atoms with Gasteiger partial charge >= 0.3 is 6.61 Å². The number of halogens is 2. The largest absolute Gasteiger partial charge is 0.481 e. The van der Waals surface area contributed by atoms with Crippen LogP contribution < -0.4 is 4.74 Å². The van der Waals surface area contributed by atoms with Crippen molar-refractivity contribution in [3.63, 3.8) is 0 Å². The predicted octanol–water partition coefficient (Wildman–Crippen LogP) is 3.33. The molecule has 0 N–H and O–H groups in total. The van der Waals surface area contributed by atoms with Crippen LogP contribution in [0.4, 0.5) is 8.78 Å². The first-order chi connectivity index (χ1) is 12.6. The molecule has 0 radical (unpaired) electrons. The van der Waals surface area contributed by atoms with E-state index in [0.29, 0.717) is 30.1 Å². The zero-order valence-corrected chi connectivity index (χ0v) is 14.2. The number of pyridine rings is 1. The number of alkyl halides is 2. The van der Waals surface area contributed by atoms with E-state index in [9.17, 15) is 13.6 Å². The molecular formula is C19H18F2N2O3. The fraction of sp³-hybridized carbons (Fsp3) is 0.316. The van der Waals surface area contributed by atoms with Crippen molar-refractivity contribution in [3.8, 4) is 5.75 Å². The van der Waals surface area contributed by atoms with Crippen molar-refractivity contribution in [1.29, 1.82) is 0 Å². The van der Waals surface area contributed by atoms with E-state index in [0.717, 1.165) is 11.1 Å². The number of carbonyl (C=O) groups is 1. The molecule has 0 saturated heterocycles. The summed E-state index contributed by atoms with van der Waals surface area (Å²) in [4.78, 5) is 20.8. The van der Waals surface area contributed by atoms with Crippen LogP contribution in [0.15, 0.2) is 41.5 Å². The lowest BCUT2D eigenvalue weighted by molar-refractivity contribution is -0.118. The number of aryl methyl sites for hydroxylation is 1. The Morgan fingerprint density at radius 3 is 2.88 bits per heavy atom. The van der Waals surface area contributed by atoms with Gasteiger partial charge in [-0.05, 0) is 29.7 Å². The summed E-state index contributed by atoms with van der Waals surface area (Å²) in [6.45, 7) is -2.37. The van der Waals surface area contributed by atoms with E-state index in [1.54, 1.807) is 31.5 Å². The molecule has 0 fully saturated rings. The third kappa shape index (κ3) is 4.22. The van der Waals surface area contributed by atoms with Crippen molar-refractivity contribution in [2.75, 3.05) is 7.11 Å². The number of rotatable bonds is 7. The second-order valence-electron chi connectivity index (χ2n) is 5.86. The van der Waals surface area contributed by atoms with Crippen molar-refractivity contribution in [2.24, 2.45) is 4.99 Å². The number of benzene rings is 1. The Morgan fingerprint density at radius 2 is 2.12 bits per heavy atom. The number of carbonyl (C=O) groups excluding carboxylic acids is 1. The second kappa shape index (κ2) is 8.03. The third-order valence-corrected chi connectivity index (χ3v) is 4.10. The average molecular weight is 360 g/mol. The number of ether oxygens (including phenoxy) is 2. The molecular weight excluding hydrogens is 342 g/mol. The highest BCUT2D eigenvalue weighted by molar-refractivity contribution is 5.97. The Morgan fingerprint density at radius 1 is 1.31 bits per heavy atom. The van der Waals surface area contributed by atoms with Crippen LogP contribution in [0.1, 0.15) is 28.8 Å². The Balaban J connectivity index is 1.59. The molecule has 0 atom stereocenters. The van der Waals surface area contributed by atoms with Gasteiger partial charge in [0.1, 0.15) is 11.5 Å². The van der Waals surface area contributed by atoms with Gasteiger partial charge in [-0.25, -0.2) is 4.99 Å². The highest BCUT2D eigenvalue weighted by Gasteiger charge is 2.18. The van der Waals surface area contributed by atoms with Gasteiger partial charge in [-0.2, -0.15) is 8.78 Å². The van der Waals surface area contributed by atoms with E-state index in [4.69, 9.17) is 4.74 Å². The normalized spacial score (nSPS) is 12.7. The zero-order chi connectivity index (χ0) is 18.5. The number of methoxy groups -OCH3 is 1. The molecule has 0 aliphatic carbocycles. The molecule has 0 spiro atoms. The maximum Gasteiger partial charge on any atom is 0.387 e. The van der Waals surface area contributed by atoms with Crippen molar-refractivity contribution >= 4 is 11.7 Å². The minimum Gasteiger partial charge on any atom is -0.481 e. The molecule has 1 aliphatic heterocycles. The number of nitrogens with zero attached hydrogens (tertiary/aromatic N) is 2. The summed E-state index contributed by atoms with van der Waals surface area (Å²) < 4.78 is 34.5. The minimum atomic E-state index is -2.89. The summed E-state index contributed by atoms with van der Waals surface area (Å²) in [6.07, 6.45) is 2.42. The van der Waals surface area contributed by atoms with E-state index in [-0.39, 0.29) is 24.4 Å². The van der Waals surface area contributed by atoms with Crippen LogP contribution >= 0.6 is 0 Å². The van der Waals surface area contributed by atoms with Crippen molar-refractivity contribution < 1.29 is 23.0 Å². The molecule has 1 aromatic heterocycles. The highest BCUT2D eigenvalue weighted by atomic mass is 19.3. The monoisotopic (exact) mass is 360 g/mol. The maximum absolute atomic E-state index is 12.4. The number of hydrogen-bond donors (Lipinski definition) is 0. The molecule has 7 heteroatoms. The Hall–Kier alpha value is -2.83. The minimum absolute atomic E-state index is 0.0184. The molecule has 26 heavy (non-hydrogen) atoms. The van der Waals surface area contributed by atoms with E-state index in [1.165, 1.54) is 6.07 Å². The Bertz CT molecular complexity index is 837. The van der Waals surface area contributed by atoms with Crippen LogP contribution in [0.3, 0.4) is 0 Å². The molecule has 1 aliphatic rings. The average Bonchev–Trinajstić information content (AvgIpc) is 3.03. The topological polar surface area (TPSA) is 60.8 Å². The predicted molar refractivity (Wildman–Crippen MR) is 91.6 cm³/mol. The second-order valence-corrected chi connectivity index (χ2v) is 5.86. The van der Waals surface area contributed by atoms with Crippen molar-refractivity contribution in [2.45, 2.75) is 32.4 Å². The molecule has 0 unspecified atom stereocenters. The lowest BCUT2D eigenvalue weighted by Crippen LogP contribution is -2.09. The van der Waals surface area contributed by atoms with E-state index in [1.807, 2.05) is 6.07 Å². The number of Topliss-reactive ketones (excluding diaryl/α,β-unsaturated/α-hetero) is 1. The summed E-state index contributed by atoms with van der Waals surface area (Å²) in [7, 11) is 1.56. The van der Waals surface area contributed by atoms with Gasteiger partial charge in [-0.1, -0.05) is 18.2 Å². The first-order valence-corrected chi connectivity index (χ1v) is 8.18. The summed E-state index contributed by atoms with van der Waals surface area (Å²) in [5.41, 5.74) is 3.08. The number of para-hydroxylation sites is 1. The molecule has 1 aromatic carbocycles. The summed E-state index contributed by atoms with van der Waals surface area (Å²) in [6, 6.07) is 8.36. The van der Waals surface area contributed by atoms with Gasteiger partial charge in [0.25, 0.3) is 0 Å². The maximum atomic E-state index is 12.4. The molecule has 0 saturated carbocycles. The lowest BCUT2D eigenvalue weighted by Gasteiger charge is -2.10. The van der Waals surface area contributed by atoms with Gasteiger partial charge in [-0.3, -0.25) is 9.78 Å². The van der Waals surface area contributed by atoms with Crippen LogP contribution in [-0.4, -0.2) is 30.4 Å². The van der Waals surface area contributed by atoms with Gasteiger partial charge in [0.15, 0.2) is 0 Å². The van der Waals surface area contributed by atoms with Crippen LogP contribution in [-0.2, 0) is 28.9 Å². The van der Waals surface area contributed by atoms with E-state index in [2.05, 4.69) is 14.7 Å². The fourth-order valence-electron chi connectivity index (χ4n) is 2.87. The Kier molecular flexibility index (Phi) is 5.55. The van der Waals surface area contributed by atoms with E-state index < -0.39 is 6.61 Å². The zero-order valence-electron chi connectivity index (χ0n) is 14.2. The van der Waals surface area contributed by atoms with Crippen LogP contribution in [0.5, 0.6) is 5.75 Å². The molecule has 136 valence electrons. The number of hydrogen-bond acceptors (Lipinski definition) is 5. The van der Waals surface area contributed by atoms with Gasteiger partial charge in [0.2, 0.25) is 5.90 Å². The van der Waals surface area contributed by atoms with E-state index >= 15 is 0 Å². The lowest BCUT2D eigenvalue weighted by atomic mass is 10.0. The van der Waals surface area contributed by atoms with Crippen LogP contribution in [0.25, 0.3) is 0 Å². The third-order valence-electron chi connectivity index (χ3n) is 4.10. The molecule has 2 heterocycles. The standard InChI is InChI=1S/C19H18F2N2O3/c1-25-18-16-11-22-14(8-13(16)10-23-18)9-15(24)7-6-12-4-2-3-5-17(12)26-19(20)21/h2-5,8,11,19H,6-7,9-10H2,1H3. The van der Waals surface area contributed by atoms with Gasteiger partial charge < -0.3 is 9.47 Å². The quantitative estimate of drug-likeness (QED) is 0.760. The molecule has 0 amide bonds. The SMILES string of the molecule is COC1=NCc2cc(CC(=O)CCc3ccccc3OC(F)F)ncc21. The number of aliphatic imine (C=N–C) groups is 1. The molecule has 5 nitrogen and oxygen atoms in total. The van der Waals surface area contributed by atoms with Crippen LogP contribution in [0.2, 0.25) is 0 Å². The first-order valence-electron chi connectivity index (χ1n) is 8.18. The fourth-order valence-corrected chi connectivity index (χ4v) is 2.87. The molecule has 3 rings (SSSR count). The van der Waals surface area contributed by atoms with Crippen molar-refractivity contribution in [1.82, 2.24) is 4.98 Å². The van der Waals surface area contributed by atoms with Gasteiger partial charge in [-0.15, -0.1) is 0 Å². The summed E-state index contributed by atoms with van der Waals surface area (Å²) in [5, 5.41) is 0. The van der Waals surface area contributed by atoms with Crippen LogP contribution in [0, 0.1) is 0 Å². The summed E-state index contributed by atoms with van der Waals surface area (Å²) >= 11 is 0. The van der Waals surface area contributed by atoms with Gasteiger partial charge in [0, 0.05) is 24.7 Å². The van der Waals surface area contributed by atoms with Gasteiger partial charge in [0.05, 0.1) is 19.2 Å². The number of fused-ring (bicyclic) bond motifs is 1. The molecule has 2 aromatic rings. The highest BCUT2D eigenvalue weighted by Crippen LogP contribution is 2.23. The number of ketones is 1. The number of aromatic nitrogens is 1.